The number of piperidine rings is 1. The molecule has 1 heterocycles. The van der Waals surface area contributed by atoms with E-state index in [1.54, 1.807) is 0 Å². The lowest BCUT2D eigenvalue weighted by molar-refractivity contribution is -0.144. The monoisotopic (exact) mass is 200 g/mol. The van der Waals surface area contributed by atoms with Crippen LogP contribution in [0.15, 0.2) is 0 Å². The Kier molecular flexibility index (Phi) is 4.90. The molecule has 0 radical (unpaired) electrons. The fourth-order valence-corrected chi connectivity index (χ4v) is 1.75. The maximum absolute atomic E-state index is 11.2. The molecular weight excluding hydrogens is 180 g/mol. The van der Waals surface area contributed by atoms with Crippen LogP contribution in [0.25, 0.3) is 0 Å². The summed E-state index contributed by atoms with van der Waals surface area (Å²) in [7, 11) is 1.98. The molecule has 1 atom stereocenters. The number of nitrogens with one attached hydrogen (secondary N) is 1. The van der Waals surface area contributed by atoms with Crippen LogP contribution in [-0.4, -0.2) is 50.2 Å². The fourth-order valence-electron chi connectivity index (χ4n) is 1.75. The minimum atomic E-state index is -0.124. The van der Waals surface area contributed by atoms with Gasteiger partial charge in [0.1, 0.15) is 0 Å². The summed E-state index contributed by atoms with van der Waals surface area (Å²) in [5.41, 5.74) is 0. The van der Waals surface area contributed by atoms with Gasteiger partial charge in [0.15, 0.2) is 0 Å². The number of carbonyl (C=O) groups is 1. The summed E-state index contributed by atoms with van der Waals surface area (Å²) >= 11 is 0. The zero-order chi connectivity index (χ0) is 10.4. The van der Waals surface area contributed by atoms with Crippen LogP contribution in [0.2, 0.25) is 0 Å². The summed E-state index contributed by atoms with van der Waals surface area (Å²) in [6, 6.07) is 0.480. The molecule has 0 aromatic rings. The number of rotatable bonds is 4. The molecule has 1 aliphatic rings. The SMILES string of the molecule is CCOC(=O)CN(C)C1CCCNC1. The van der Waals surface area contributed by atoms with Crippen molar-refractivity contribution in [2.24, 2.45) is 0 Å². The van der Waals surface area contributed by atoms with E-state index in [1.807, 2.05) is 14.0 Å². The van der Waals surface area contributed by atoms with E-state index < -0.39 is 0 Å². The minimum Gasteiger partial charge on any atom is -0.465 e. The lowest BCUT2D eigenvalue weighted by Crippen LogP contribution is -2.46. The molecule has 1 N–H and O–H groups in total. The third kappa shape index (κ3) is 3.64. The first-order valence-electron chi connectivity index (χ1n) is 5.30. The second kappa shape index (κ2) is 5.98. The summed E-state index contributed by atoms with van der Waals surface area (Å²) in [4.78, 5) is 13.3. The Bertz CT molecular complexity index is 179. The number of ether oxygens (including phenoxy) is 1. The Morgan fingerprint density at radius 1 is 1.64 bits per heavy atom. The molecule has 82 valence electrons. The van der Waals surface area contributed by atoms with Crippen LogP contribution in [0.1, 0.15) is 19.8 Å². The van der Waals surface area contributed by atoms with Crippen LogP contribution in [0.3, 0.4) is 0 Å². The van der Waals surface area contributed by atoms with Gasteiger partial charge in [-0.15, -0.1) is 0 Å². The first-order valence-corrected chi connectivity index (χ1v) is 5.30. The quantitative estimate of drug-likeness (QED) is 0.660. The third-order valence-electron chi connectivity index (χ3n) is 2.58. The largest absolute Gasteiger partial charge is 0.465 e. The molecule has 14 heavy (non-hydrogen) atoms. The van der Waals surface area contributed by atoms with Gasteiger partial charge in [0, 0.05) is 12.6 Å². The molecule has 0 aliphatic carbocycles. The Hall–Kier alpha value is -0.610. The molecule has 1 aliphatic heterocycles. The number of nitrogens with zero attached hydrogens (tertiary/aromatic N) is 1. The van der Waals surface area contributed by atoms with Crippen molar-refractivity contribution in [3.05, 3.63) is 0 Å². The number of esters is 1. The van der Waals surface area contributed by atoms with Gasteiger partial charge in [0.05, 0.1) is 13.2 Å². The van der Waals surface area contributed by atoms with Crippen molar-refractivity contribution in [3.63, 3.8) is 0 Å². The van der Waals surface area contributed by atoms with Gasteiger partial charge in [0.25, 0.3) is 0 Å². The molecule has 0 aromatic heterocycles. The van der Waals surface area contributed by atoms with Gasteiger partial charge >= 0.3 is 5.97 Å². The number of hydrogen-bond donors (Lipinski definition) is 1. The van der Waals surface area contributed by atoms with Crippen LogP contribution in [-0.2, 0) is 9.53 Å². The zero-order valence-electron chi connectivity index (χ0n) is 9.08. The predicted molar refractivity (Wildman–Crippen MR) is 55.2 cm³/mol. The first kappa shape index (κ1) is 11.5. The maximum atomic E-state index is 11.2. The van der Waals surface area contributed by atoms with Gasteiger partial charge in [-0.25, -0.2) is 0 Å². The van der Waals surface area contributed by atoms with Crippen molar-refractivity contribution in [3.8, 4) is 0 Å². The van der Waals surface area contributed by atoms with Crippen molar-refractivity contribution in [2.45, 2.75) is 25.8 Å². The minimum absolute atomic E-state index is 0.124. The summed E-state index contributed by atoms with van der Waals surface area (Å²) in [6.07, 6.45) is 2.36. The molecule has 0 spiro atoms. The van der Waals surface area contributed by atoms with Gasteiger partial charge in [-0.05, 0) is 33.4 Å². The molecule has 0 saturated carbocycles. The molecular formula is C10H20N2O2. The molecule has 0 amide bonds. The maximum Gasteiger partial charge on any atom is 0.320 e. The lowest BCUT2D eigenvalue weighted by atomic mass is 10.1. The second-order valence-electron chi connectivity index (χ2n) is 3.72. The molecule has 1 saturated heterocycles. The Morgan fingerprint density at radius 3 is 3.00 bits per heavy atom. The summed E-state index contributed by atoms with van der Waals surface area (Å²) in [6.45, 7) is 4.79. The molecule has 0 aromatic carbocycles. The van der Waals surface area contributed by atoms with Crippen LogP contribution >= 0.6 is 0 Å². The van der Waals surface area contributed by atoms with E-state index in [9.17, 15) is 4.79 Å². The number of likely N-dealkylation sites (N-methyl/N-ethyl adjacent to an activating group) is 1. The van der Waals surface area contributed by atoms with Gasteiger partial charge in [-0.1, -0.05) is 0 Å². The van der Waals surface area contributed by atoms with Crippen molar-refractivity contribution in [1.82, 2.24) is 10.2 Å². The number of carbonyl (C=O) groups excluding carboxylic acids is 1. The standard InChI is InChI=1S/C10H20N2O2/c1-3-14-10(13)8-12(2)9-5-4-6-11-7-9/h9,11H,3-8H2,1-2H3. The highest BCUT2D eigenvalue weighted by molar-refractivity contribution is 5.71. The fraction of sp³-hybridized carbons (Fsp3) is 0.900. The van der Waals surface area contributed by atoms with Crippen molar-refractivity contribution < 1.29 is 9.53 Å². The van der Waals surface area contributed by atoms with Crippen LogP contribution in [0, 0.1) is 0 Å². The van der Waals surface area contributed by atoms with Crippen LogP contribution in [0.4, 0.5) is 0 Å². The Balaban J connectivity index is 2.25. The lowest BCUT2D eigenvalue weighted by Gasteiger charge is -2.30. The van der Waals surface area contributed by atoms with Gasteiger partial charge < -0.3 is 10.1 Å². The molecule has 0 bridgehead atoms. The topological polar surface area (TPSA) is 41.6 Å². The van der Waals surface area contributed by atoms with Gasteiger partial charge in [-0.2, -0.15) is 0 Å². The number of hydrogen-bond acceptors (Lipinski definition) is 4. The molecule has 4 nitrogen and oxygen atoms in total. The molecule has 1 rings (SSSR count). The van der Waals surface area contributed by atoms with Crippen LogP contribution < -0.4 is 5.32 Å². The zero-order valence-corrected chi connectivity index (χ0v) is 9.08. The summed E-state index contributed by atoms with van der Waals surface area (Å²) in [5.74, 6) is -0.124. The predicted octanol–water partition coefficient (Wildman–Crippen LogP) is 0.233. The normalized spacial score (nSPS) is 22.4. The van der Waals surface area contributed by atoms with E-state index in [0.717, 1.165) is 13.1 Å². The van der Waals surface area contributed by atoms with Crippen molar-refractivity contribution in [1.29, 1.82) is 0 Å². The van der Waals surface area contributed by atoms with E-state index in [1.165, 1.54) is 12.8 Å². The first-order chi connectivity index (χ1) is 6.74. The third-order valence-corrected chi connectivity index (χ3v) is 2.58. The second-order valence-corrected chi connectivity index (χ2v) is 3.72. The Labute approximate surface area is 85.6 Å². The van der Waals surface area contributed by atoms with E-state index in [4.69, 9.17) is 4.74 Å². The van der Waals surface area contributed by atoms with Gasteiger partial charge in [-0.3, -0.25) is 9.69 Å². The van der Waals surface area contributed by atoms with E-state index in [2.05, 4.69) is 10.2 Å². The average Bonchev–Trinajstić information content (AvgIpc) is 2.19. The Morgan fingerprint density at radius 2 is 2.43 bits per heavy atom. The molecule has 1 unspecified atom stereocenters. The molecule has 1 fully saturated rings. The van der Waals surface area contributed by atoms with E-state index >= 15 is 0 Å². The van der Waals surface area contributed by atoms with Crippen molar-refractivity contribution in [2.75, 3.05) is 33.3 Å². The van der Waals surface area contributed by atoms with Crippen molar-refractivity contribution >= 4 is 5.97 Å². The molecule has 4 heteroatoms. The highest BCUT2D eigenvalue weighted by Gasteiger charge is 2.19. The summed E-state index contributed by atoms with van der Waals surface area (Å²) in [5, 5.41) is 3.33. The smallest absolute Gasteiger partial charge is 0.320 e. The summed E-state index contributed by atoms with van der Waals surface area (Å²) < 4.78 is 4.90. The van der Waals surface area contributed by atoms with E-state index in [0.29, 0.717) is 19.2 Å². The highest BCUT2D eigenvalue weighted by Crippen LogP contribution is 2.07. The van der Waals surface area contributed by atoms with Gasteiger partial charge in [0.2, 0.25) is 0 Å². The highest BCUT2D eigenvalue weighted by atomic mass is 16.5. The van der Waals surface area contributed by atoms with Crippen LogP contribution in [0.5, 0.6) is 0 Å². The average molecular weight is 200 g/mol. The van der Waals surface area contributed by atoms with E-state index in [-0.39, 0.29) is 5.97 Å².